The molecular weight excluding hydrogens is 310 g/mol. The predicted octanol–water partition coefficient (Wildman–Crippen LogP) is 2.69. The third-order valence-corrected chi connectivity index (χ3v) is 6.33. The minimum Gasteiger partial charge on any atom is -0.337 e. The van der Waals surface area contributed by atoms with Crippen molar-refractivity contribution in [3.05, 3.63) is 47.9 Å². The van der Waals surface area contributed by atoms with E-state index in [-0.39, 0.29) is 10.9 Å². The van der Waals surface area contributed by atoms with E-state index in [2.05, 4.69) is 17.1 Å². The van der Waals surface area contributed by atoms with Crippen LogP contribution in [0.4, 0.5) is 0 Å². The molecule has 0 spiro atoms. The van der Waals surface area contributed by atoms with Gasteiger partial charge in [0, 0.05) is 26.3 Å². The number of aryl methyl sites for hydroxylation is 2. The second kappa shape index (κ2) is 6.45. The normalized spacial score (nSPS) is 20.3. The number of nitrogens with zero attached hydrogens (tertiary/aromatic N) is 3. The summed E-state index contributed by atoms with van der Waals surface area (Å²) in [6, 6.07) is 10.2. The van der Waals surface area contributed by atoms with Crippen molar-refractivity contribution in [2.45, 2.75) is 37.1 Å². The second-order valence-corrected chi connectivity index (χ2v) is 8.09. The summed E-state index contributed by atoms with van der Waals surface area (Å²) in [4.78, 5) is 4.22. The Morgan fingerprint density at radius 1 is 1.17 bits per heavy atom. The Balaban J connectivity index is 1.88. The molecule has 1 aromatic carbocycles. The number of aromatic nitrogens is 2. The van der Waals surface area contributed by atoms with E-state index >= 15 is 0 Å². The summed E-state index contributed by atoms with van der Waals surface area (Å²) in [5, 5.41) is 0.159. The van der Waals surface area contributed by atoms with E-state index in [0.29, 0.717) is 18.9 Å². The molecule has 0 aliphatic carbocycles. The number of rotatable bonds is 3. The summed E-state index contributed by atoms with van der Waals surface area (Å²) < 4.78 is 29.2. The monoisotopic (exact) mass is 333 g/mol. The molecular formula is C17H23N3O2S. The molecule has 1 aliphatic rings. The van der Waals surface area contributed by atoms with Gasteiger partial charge in [0.05, 0.1) is 0 Å². The summed E-state index contributed by atoms with van der Waals surface area (Å²) >= 11 is 0. The lowest BCUT2D eigenvalue weighted by Crippen LogP contribution is -2.34. The number of benzene rings is 1. The van der Waals surface area contributed by atoms with Crippen LogP contribution < -0.4 is 0 Å². The van der Waals surface area contributed by atoms with Crippen molar-refractivity contribution < 1.29 is 8.42 Å². The van der Waals surface area contributed by atoms with Gasteiger partial charge in [-0.3, -0.25) is 0 Å². The third kappa shape index (κ3) is 3.33. The lowest BCUT2D eigenvalue weighted by Gasteiger charge is -2.23. The molecule has 1 fully saturated rings. The van der Waals surface area contributed by atoms with Crippen molar-refractivity contribution in [2.75, 3.05) is 13.1 Å². The van der Waals surface area contributed by atoms with Gasteiger partial charge in [0.25, 0.3) is 10.0 Å². The van der Waals surface area contributed by atoms with Crippen molar-refractivity contribution in [1.29, 1.82) is 0 Å². The van der Waals surface area contributed by atoms with Gasteiger partial charge in [0.2, 0.25) is 0 Å². The molecule has 23 heavy (non-hydrogen) atoms. The highest BCUT2D eigenvalue weighted by molar-refractivity contribution is 7.89. The maximum Gasteiger partial charge on any atom is 0.262 e. The summed E-state index contributed by atoms with van der Waals surface area (Å²) in [6.07, 6.45) is 4.57. The van der Waals surface area contributed by atoms with Crippen LogP contribution in [0.2, 0.25) is 0 Å². The van der Waals surface area contributed by atoms with Gasteiger partial charge >= 0.3 is 0 Å². The van der Waals surface area contributed by atoms with E-state index in [9.17, 15) is 8.42 Å². The number of hydrogen-bond acceptors (Lipinski definition) is 3. The van der Waals surface area contributed by atoms with Gasteiger partial charge in [-0.25, -0.2) is 13.4 Å². The Kier molecular flexibility index (Phi) is 4.55. The first-order valence-corrected chi connectivity index (χ1v) is 9.47. The van der Waals surface area contributed by atoms with Crippen LogP contribution in [-0.4, -0.2) is 35.4 Å². The Morgan fingerprint density at radius 3 is 2.57 bits per heavy atom. The van der Waals surface area contributed by atoms with E-state index < -0.39 is 10.0 Å². The fourth-order valence-electron chi connectivity index (χ4n) is 3.11. The highest BCUT2D eigenvalue weighted by atomic mass is 32.2. The topological polar surface area (TPSA) is 55.2 Å². The smallest absolute Gasteiger partial charge is 0.262 e. The number of imidazole rings is 1. The molecule has 1 saturated heterocycles. The molecule has 0 N–H and O–H groups in total. The molecule has 1 aromatic heterocycles. The van der Waals surface area contributed by atoms with Crippen LogP contribution in [0.25, 0.3) is 0 Å². The number of sulfonamides is 1. The first-order chi connectivity index (χ1) is 11.0. The molecule has 0 amide bonds. The maximum atomic E-state index is 12.9. The van der Waals surface area contributed by atoms with Crippen LogP contribution in [0.15, 0.2) is 41.6 Å². The van der Waals surface area contributed by atoms with Gasteiger partial charge in [-0.05, 0) is 31.2 Å². The third-order valence-electron chi connectivity index (χ3n) is 4.60. The average Bonchev–Trinajstić information content (AvgIpc) is 2.77. The van der Waals surface area contributed by atoms with Gasteiger partial charge in [0.15, 0.2) is 5.03 Å². The summed E-state index contributed by atoms with van der Waals surface area (Å²) in [6.45, 7) is 2.91. The summed E-state index contributed by atoms with van der Waals surface area (Å²) in [5.74, 6) is 0.955. The van der Waals surface area contributed by atoms with E-state index in [0.717, 1.165) is 19.3 Å². The van der Waals surface area contributed by atoms with Crippen LogP contribution in [0.5, 0.6) is 0 Å². The first-order valence-electron chi connectivity index (χ1n) is 8.03. The zero-order chi connectivity index (χ0) is 16.4. The summed E-state index contributed by atoms with van der Waals surface area (Å²) in [7, 11) is -1.71. The standard InChI is InChI=1S/C17H23N3O2S/c1-14-18-17(13-19(14)2)23(21,22)20-11-7-6-10-16(12-20)15-8-4-3-5-9-15/h3-5,8-9,13,16H,6-7,10-12H2,1-2H3. The molecule has 0 bridgehead atoms. The lowest BCUT2D eigenvalue weighted by atomic mass is 9.95. The highest BCUT2D eigenvalue weighted by Gasteiger charge is 2.31. The van der Waals surface area contributed by atoms with Gasteiger partial charge in [-0.2, -0.15) is 4.31 Å². The highest BCUT2D eigenvalue weighted by Crippen LogP contribution is 2.29. The lowest BCUT2D eigenvalue weighted by molar-refractivity contribution is 0.404. The van der Waals surface area contributed by atoms with Crippen molar-refractivity contribution >= 4 is 10.0 Å². The zero-order valence-electron chi connectivity index (χ0n) is 13.6. The minimum absolute atomic E-state index is 0.159. The van der Waals surface area contributed by atoms with Crippen LogP contribution in [0.1, 0.15) is 36.6 Å². The number of hydrogen-bond donors (Lipinski definition) is 0. The fraction of sp³-hybridized carbons (Fsp3) is 0.471. The molecule has 3 rings (SSSR count). The van der Waals surface area contributed by atoms with E-state index in [1.807, 2.05) is 32.2 Å². The maximum absolute atomic E-state index is 12.9. The minimum atomic E-state index is -3.53. The van der Waals surface area contributed by atoms with Gasteiger partial charge in [-0.15, -0.1) is 0 Å². The second-order valence-electron chi connectivity index (χ2n) is 6.20. The zero-order valence-corrected chi connectivity index (χ0v) is 14.5. The molecule has 124 valence electrons. The molecule has 0 radical (unpaired) electrons. The Hall–Kier alpha value is -1.66. The fourth-order valence-corrected chi connectivity index (χ4v) is 4.65. The molecule has 5 nitrogen and oxygen atoms in total. The quantitative estimate of drug-likeness (QED) is 0.868. The Bertz CT molecular complexity index is 749. The SMILES string of the molecule is Cc1nc(S(=O)(=O)N2CCCCC(c3ccccc3)C2)cn1C. The Labute approximate surface area is 138 Å². The van der Waals surface area contributed by atoms with E-state index in [1.54, 1.807) is 15.1 Å². The van der Waals surface area contributed by atoms with Gasteiger partial charge in [0.1, 0.15) is 5.82 Å². The molecule has 1 aliphatic heterocycles. The van der Waals surface area contributed by atoms with Gasteiger partial charge < -0.3 is 4.57 Å². The van der Waals surface area contributed by atoms with Crippen LogP contribution in [0, 0.1) is 6.92 Å². The first kappa shape index (κ1) is 16.2. The molecule has 1 atom stereocenters. The largest absolute Gasteiger partial charge is 0.337 e. The Morgan fingerprint density at radius 2 is 1.91 bits per heavy atom. The van der Waals surface area contributed by atoms with Crippen LogP contribution in [-0.2, 0) is 17.1 Å². The van der Waals surface area contributed by atoms with Crippen molar-refractivity contribution in [2.24, 2.45) is 7.05 Å². The van der Waals surface area contributed by atoms with E-state index in [1.165, 1.54) is 5.56 Å². The average molecular weight is 333 g/mol. The van der Waals surface area contributed by atoms with Gasteiger partial charge in [-0.1, -0.05) is 36.8 Å². The summed E-state index contributed by atoms with van der Waals surface area (Å²) in [5.41, 5.74) is 1.21. The molecule has 0 saturated carbocycles. The molecule has 2 aromatic rings. The molecule has 2 heterocycles. The van der Waals surface area contributed by atoms with E-state index in [4.69, 9.17) is 0 Å². The van der Waals surface area contributed by atoms with Crippen molar-refractivity contribution in [3.63, 3.8) is 0 Å². The van der Waals surface area contributed by atoms with Crippen molar-refractivity contribution in [1.82, 2.24) is 13.9 Å². The molecule has 6 heteroatoms. The molecule has 1 unspecified atom stereocenters. The van der Waals surface area contributed by atoms with Crippen LogP contribution >= 0.6 is 0 Å². The van der Waals surface area contributed by atoms with Crippen molar-refractivity contribution in [3.8, 4) is 0 Å². The predicted molar refractivity (Wildman–Crippen MR) is 89.7 cm³/mol. The van der Waals surface area contributed by atoms with Crippen LogP contribution in [0.3, 0.4) is 0 Å².